The minimum absolute atomic E-state index is 0.118. The van der Waals surface area contributed by atoms with E-state index in [-0.39, 0.29) is 17.3 Å². The second-order valence-corrected chi connectivity index (χ2v) is 5.04. The van der Waals surface area contributed by atoms with Gasteiger partial charge in [0.1, 0.15) is 6.54 Å². The molecule has 0 spiro atoms. The number of aryl methyl sites for hydroxylation is 1. The van der Waals surface area contributed by atoms with E-state index in [1.165, 1.54) is 17.0 Å². The summed E-state index contributed by atoms with van der Waals surface area (Å²) in [6.07, 6.45) is 1.07. The molecular formula is C15H20N2O5. The van der Waals surface area contributed by atoms with Gasteiger partial charge in [0.2, 0.25) is 0 Å². The number of carboxylic acids is 1. The standard InChI is InChI=1S/C15H20N2O5/c1-4-10(3)16(9-14(18)19)15(20)12-7-6-11(5-2)13(8-12)17(21)22/h6-8,10H,4-5,9H2,1-3H3,(H,18,19). The average Bonchev–Trinajstić information content (AvgIpc) is 2.50. The molecule has 0 aromatic heterocycles. The lowest BCUT2D eigenvalue weighted by Crippen LogP contribution is -2.41. The Hall–Kier alpha value is -2.44. The molecule has 1 rings (SSSR count). The van der Waals surface area contributed by atoms with Crippen LogP contribution in [0.15, 0.2) is 18.2 Å². The maximum atomic E-state index is 12.5. The molecule has 0 aliphatic heterocycles. The zero-order chi connectivity index (χ0) is 16.9. The van der Waals surface area contributed by atoms with Gasteiger partial charge in [-0.25, -0.2) is 0 Å². The van der Waals surface area contributed by atoms with Gasteiger partial charge in [0.15, 0.2) is 0 Å². The Balaban J connectivity index is 3.21. The highest BCUT2D eigenvalue weighted by Crippen LogP contribution is 2.22. The van der Waals surface area contributed by atoms with Crippen LogP contribution in [-0.2, 0) is 11.2 Å². The quantitative estimate of drug-likeness (QED) is 0.616. The molecule has 0 bridgehead atoms. The maximum Gasteiger partial charge on any atom is 0.323 e. The number of nitro groups is 1. The Labute approximate surface area is 128 Å². The molecule has 0 saturated heterocycles. The van der Waals surface area contributed by atoms with E-state index in [2.05, 4.69) is 0 Å². The molecule has 120 valence electrons. The molecule has 22 heavy (non-hydrogen) atoms. The number of hydrogen-bond donors (Lipinski definition) is 1. The lowest BCUT2D eigenvalue weighted by atomic mass is 10.1. The van der Waals surface area contributed by atoms with Crippen LogP contribution in [0.1, 0.15) is 43.1 Å². The molecule has 1 unspecified atom stereocenters. The average molecular weight is 308 g/mol. The van der Waals surface area contributed by atoms with Gasteiger partial charge in [-0.2, -0.15) is 0 Å². The number of nitrogens with zero attached hydrogens (tertiary/aromatic N) is 2. The van der Waals surface area contributed by atoms with E-state index in [0.29, 0.717) is 18.4 Å². The first-order chi connectivity index (χ1) is 10.3. The van der Waals surface area contributed by atoms with Gasteiger partial charge in [0.25, 0.3) is 11.6 Å². The lowest BCUT2D eigenvalue weighted by molar-refractivity contribution is -0.385. The van der Waals surface area contributed by atoms with Gasteiger partial charge >= 0.3 is 5.97 Å². The van der Waals surface area contributed by atoms with Crippen LogP contribution in [0, 0.1) is 10.1 Å². The number of amides is 1. The molecule has 0 radical (unpaired) electrons. The van der Waals surface area contributed by atoms with Crippen LogP contribution in [0.25, 0.3) is 0 Å². The molecule has 1 aromatic rings. The summed E-state index contributed by atoms with van der Waals surface area (Å²) in [7, 11) is 0. The highest BCUT2D eigenvalue weighted by Gasteiger charge is 2.25. The van der Waals surface area contributed by atoms with E-state index in [0.717, 1.165) is 0 Å². The summed E-state index contributed by atoms with van der Waals surface area (Å²) in [6.45, 7) is 4.95. The van der Waals surface area contributed by atoms with Gasteiger partial charge in [-0.15, -0.1) is 0 Å². The number of rotatable bonds is 7. The van der Waals surface area contributed by atoms with E-state index >= 15 is 0 Å². The second kappa shape index (κ2) is 7.53. The van der Waals surface area contributed by atoms with Crippen LogP contribution >= 0.6 is 0 Å². The number of aliphatic carboxylic acids is 1. The fourth-order valence-corrected chi connectivity index (χ4v) is 2.13. The molecule has 0 aliphatic rings. The smallest absolute Gasteiger partial charge is 0.323 e. The Morgan fingerprint density at radius 3 is 2.45 bits per heavy atom. The van der Waals surface area contributed by atoms with Crippen molar-refractivity contribution in [1.29, 1.82) is 0 Å². The number of carbonyl (C=O) groups excluding carboxylic acids is 1. The summed E-state index contributed by atoms with van der Waals surface area (Å²) in [5, 5.41) is 20.0. The number of carboxylic acid groups (broad SMARTS) is 1. The third-order valence-electron chi connectivity index (χ3n) is 3.60. The molecule has 0 aliphatic carbocycles. The van der Waals surface area contributed by atoms with E-state index in [9.17, 15) is 19.7 Å². The number of nitro benzene ring substituents is 1. The fourth-order valence-electron chi connectivity index (χ4n) is 2.13. The first-order valence-corrected chi connectivity index (χ1v) is 7.11. The van der Waals surface area contributed by atoms with Crippen LogP contribution in [0.5, 0.6) is 0 Å². The molecule has 1 atom stereocenters. The molecule has 0 saturated carbocycles. The molecule has 7 nitrogen and oxygen atoms in total. The summed E-state index contributed by atoms with van der Waals surface area (Å²) < 4.78 is 0. The highest BCUT2D eigenvalue weighted by molar-refractivity contribution is 5.96. The van der Waals surface area contributed by atoms with Crippen LogP contribution in [-0.4, -0.2) is 39.4 Å². The van der Waals surface area contributed by atoms with Crippen molar-refractivity contribution in [2.24, 2.45) is 0 Å². The van der Waals surface area contributed by atoms with E-state index in [4.69, 9.17) is 5.11 Å². The van der Waals surface area contributed by atoms with Crippen molar-refractivity contribution in [3.8, 4) is 0 Å². The van der Waals surface area contributed by atoms with Gasteiger partial charge in [-0.1, -0.05) is 19.9 Å². The van der Waals surface area contributed by atoms with E-state index in [1.54, 1.807) is 19.9 Å². The minimum Gasteiger partial charge on any atom is -0.480 e. The first kappa shape index (κ1) is 17.6. The van der Waals surface area contributed by atoms with Gasteiger partial charge in [-0.3, -0.25) is 19.7 Å². The topological polar surface area (TPSA) is 101 Å². The van der Waals surface area contributed by atoms with Crippen LogP contribution < -0.4 is 0 Å². The van der Waals surface area contributed by atoms with Crippen molar-refractivity contribution >= 4 is 17.6 Å². The predicted molar refractivity (Wildman–Crippen MR) is 80.9 cm³/mol. The monoisotopic (exact) mass is 308 g/mol. The van der Waals surface area contributed by atoms with E-state index < -0.39 is 23.3 Å². The molecular weight excluding hydrogens is 288 g/mol. The fraction of sp³-hybridized carbons (Fsp3) is 0.467. The largest absolute Gasteiger partial charge is 0.480 e. The normalized spacial score (nSPS) is 11.8. The third kappa shape index (κ3) is 4.03. The van der Waals surface area contributed by atoms with Crippen LogP contribution in [0.4, 0.5) is 5.69 Å². The SMILES string of the molecule is CCc1ccc(C(=O)N(CC(=O)O)C(C)CC)cc1[N+](=O)[O-]. The zero-order valence-electron chi connectivity index (χ0n) is 12.9. The van der Waals surface area contributed by atoms with Crippen molar-refractivity contribution in [2.75, 3.05) is 6.54 Å². The lowest BCUT2D eigenvalue weighted by Gasteiger charge is -2.27. The van der Waals surface area contributed by atoms with Gasteiger partial charge < -0.3 is 10.0 Å². The van der Waals surface area contributed by atoms with Crippen molar-refractivity contribution in [1.82, 2.24) is 4.90 Å². The van der Waals surface area contributed by atoms with E-state index in [1.807, 2.05) is 6.92 Å². The Morgan fingerprint density at radius 1 is 1.36 bits per heavy atom. The maximum absolute atomic E-state index is 12.5. The van der Waals surface area contributed by atoms with Crippen molar-refractivity contribution in [2.45, 2.75) is 39.7 Å². The Kier molecular flexibility index (Phi) is 6.03. The molecule has 1 N–H and O–H groups in total. The van der Waals surface area contributed by atoms with Gasteiger partial charge in [-0.05, 0) is 25.8 Å². The van der Waals surface area contributed by atoms with Crippen LogP contribution in [0.2, 0.25) is 0 Å². The molecule has 1 aromatic carbocycles. The van der Waals surface area contributed by atoms with Gasteiger partial charge in [0.05, 0.1) is 4.92 Å². The predicted octanol–water partition coefficient (Wildman–Crippen LogP) is 2.48. The first-order valence-electron chi connectivity index (χ1n) is 7.11. The minimum atomic E-state index is -1.12. The van der Waals surface area contributed by atoms with Crippen molar-refractivity contribution < 1.29 is 19.6 Å². The molecule has 7 heteroatoms. The summed E-state index contributed by atoms with van der Waals surface area (Å²) in [5.41, 5.74) is 0.549. The zero-order valence-corrected chi connectivity index (χ0v) is 12.9. The summed E-state index contributed by atoms with van der Waals surface area (Å²) in [4.78, 5) is 35.2. The number of hydrogen-bond acceptors (Lipinski definition) is 4. The highest BCUT2D eigenvalue weighted by atomic mass is 16.6. The Bertz CT molecular complexity index is 585. The third-order valence-corrected chi connectivity index (χ3v) is 3.60. The summed E-state index contributed by atoms with van der Waals surface area (Å²) >= 11 is 0. The van der Waals surface area contributed by atoms with Crippen LogP contribution in [0.3, 0.4) is 0 Å². The summed E-state index contributed by atoms with van der Waals surface area (Å²) in [6, 6.07) is 4.00. The number of benzene rings is 1. The number of carbonyl (C=O) groups is 2. The Morgan fingerprint density at radius 2 is 2.00 bits per heavy atom. The molecule has 0 fully saturated rings. The van der Waals surface area contributed by atoms with Gasteiger partial charge in [0, 0.05) is 23.2 Å². The van der Waals surface area contributed by atoms with Crippen molar-refractivity contribution in [3.63, 3.8) is 0 Å². The second-order valence-electron chi connectivity index (χ2n) is 5.04. The molecule has 0 heterocycles. The summed E-state index contributed by atoms with van der Waals surface area (Å²) in [5.74, 6) is -1.63. The van der Waals surface area contributed by atoms with Crippen molar-refractivity contribution in [3.05, 3.63) is 39.4 Å². The molecule has 1 amide bonds.